The summed E-state index contributed by atoms with van der Waals surface area (Å²) >= 11 is 0. The lowest BCUT2D eigenvalue weighted by atomic mass is 9.82. The van der Waals surface area contributed by atoms with Gasteiger partial charge in [0.05, 0.1) is 50.1 Å². The van der Waals surface area contributed by atoms with E-state index in [9.17, 15) is 19.2 Å². The molecule has 4 unspecified atom stereocenters. The van der Waals surface area contributed by atoms with E-state index in [1.165, 1.54) is 67.7 Å². The van der Waals surface area contributed by atoms with Crippen molar-refractivity contribution < 1.29 is 28.7 Å². The first kappa shape index (κ1) is 41.4. The first-order valence-electron chi connectivity index (χ1n) is 23.1. The van der Waals surface area contributed by atoms with Crippen LogP contribution in [-0.4, -0.2) is 92.1 Å². The third-order valence-corrected chi connectivity index (χ3v) is 15.3. The number of hydrogen-bond acceptors (Lipinski definition) is 8. The Morgan fingerprint density at radius 3 is 1.62 bits per heavy atom. The van der Waals surface area contributed by atoms with Crippen molar-refractivity contribution in [2.45, 2.75) is 128 Å². The maximum Gasteiger partial charge on any atom is 0.407 e. The van der Waals surface area contributed by atoms with Crippen LogP contribution in [0.4, 0.5) is 9.59 Å². The zero-order chi connectivity index (χ0) is 43.9. The highest BCUT2D eigenvalue weighted by Crippen LogP contribution is 2.56. The third-order valence-electron chi connectivity index (χ3n) is 15.3. The highest BCUT2D eigenvalue weighted by atomic mass is 16.5. The van der Waals surface area contributed by atoms with Crippen LogP contribution in [0.25, 0.3) is 33.6 Å². The van der Waals surface area contributed by atoms with Gasteiger partial charge >= 0.3 is 12.2 Å². The van der Waals surface area contributed by atoms with E-state index in [2.05, 4.69) is 57.0 Å². The van der Waals surface area contributed by atoms with Crippen LogP contribution in [0.5, 0.6) is 0 Å². The molecule has 5 fully saturated rings. The molecule has 0 bridgehead atoms. The molecule has 2 aromatic heterocycles. The molecule has 2 saturated heterocycles. The number of nitrogens with zero attached hydrogens (tertiary/aromatic N) is 4. The summed E-state index contributed by atoms with van der Waals surface area (Å²) in [7, 11) is 2.63. The van der Waals surface area contributed by atoms with E-state index in [0.717, 1.165) is 67.1 Å². The van der Waals surface area contributed by atoms with Crippen molar-refractivity contribution in [2.24, 2.45) is 29.1 Å². The summed E-state index contributed by atoms with van der Waals surface area (Å²) in [6.45, 7) is 7.76. The van der Waals surface area contributed by atoms with Crippen molar-refractivity contribution in [1.29, 1.82) is 0 Å². The maximum atomic E-state index is 14.1. The number of methoxy groups -OCH3 is 2. The molecule has 4 N–H and O–H groups in total. The maximum absolute atomic E-state index is 14.1. The molecule has 4 aromatic rings. The van der Waals surface area contributed by atoms with Crippen LogP contribution in [0.3, 0.4) is 0 Å². The van der Waals surface area contributed by atoms with Gasteiger partial charge in [-0.05, 0) is 108 Å². The van der Waals surface area contributed by atoms with Gasteiger partial charge in [-0.15, -0.1) is 0 Å². The van der Waals surface area contributed by atoms with Crippen LogP contribution in [-0.2, 0) is 31.9 Å². The van der Waals surface area contributed by atoms with Gasteiger partial charge in [-0.2, -0.15) is 0 Å². The number of rotatable bonds is 11. The predicted octanol–water partition coefficient (Wildman–Crippen LogP) is 7.88. The fraction of sp³-hybridized carbons (Fsp3) is 0.551. The number of hydrogen-bond donors (Lipinski definition) is 4. The highest BCUT2D eigenvalue weighted by Gasteiger charge is 2.57. The number of carbonyl (C=O) groups excluding carboxylic acids is 4. The second kappa shape index (κ2) is 15.8. The molecule has 332 valence electrons. The first-order valence-corrected chi connectivity index (χ1v) is 23.1. The number of alkyl carbamates (subject to hydrolysis) is 2. The molecule has 6 aliphatic rings. The van der Waals surface area contributed by atoms with Crippen LogP contribution in [0, 0.1) is 29.1 Å². The Labute approximate surface area is 368 Å². The Morgan fingerprint density at radius 1 is 0.651 bits per heavy atom. The topological polar surface area (TPSA) is 175 Å². The molecular formula is C49H60N8O6. The van der Waals surface area contributed by atoms with E-state index in [1.54, 1.807) is 0 Å². The lowest BCUT2D eigenvalue weighted by molar-refractivity contribution is -0.137. The molecule has 4 aliphatic carbocycles. The Hall–Kier alpha value is -5.66. The molecule has 4 heterocycles. The molecule has 10 rings (SSSR count). The Morgan fingerprint density at radius 2 is 1.11 bits per heavy atom. The van der Waals surface area contributed by atoms with Gasteiger partial charge in [0.2, 0.25) is 11.8 Å². The second-order valence-electron chi connectivity index (χ2n) is 20.0. The summed E-state index contributed by atoms with van der Waals surface area (Å²) < 4.78 is 9.70. The van der Waals surface area contributed by atoms with E-state index in [0.29, 0.717) is 11.8 Å². The van der Waals surface area contributed by atoms with E-state index >= 15 is 0 Å². The average molecular weight is 857 g/mol. The van der Waals surface area contributed by atoms with Gasteiger partial charge in [-0.25, -0.2) is 19.6 Å². The minimum atomic E-state index is -0.676. The molecule has 3 saturated carbocycles. The van der Waals surface area contributed by atoms with Gasteiger partial charge < -0.3 is 39.9 Å². The molecule has 8 atom stereocenters. The number of aromatic amines is 2. The standard InChI is InChI=1S/C49H60N8O6/c1-25(2)41(54-47(60)62-5)45(58)56-37-17-29(37)19-39(56)43-50-23-35(52-43)28-11-9-27(10-12-28)31-13-14-32(34-22-49(21-33(31)34)15-7-8-16-49)36-24-51-44(53-36)40-20-30-18-38(30)57(40)46(59)42(26(3)4)55-48(61)63-6/h9-14,23-26,29-30,37-42H,7-8,15-22H2,1-6H3,(H,50,52)(H,51,53)(H,54,60)(H,55,61)/t29?,30?,37?,38?,39-,40-,41-,42-/m0/s1. The van der Waals surface area contributed by atoms with Crippen LogP contribution in [0.15, 0.2) is 48.8 Å². The van der Waals surface area contributed by atoms with Crippen molar-refractivity contribution in [2.75, 3.05) is 14.2 Å². The van der Waals surface area contributed by atoms with Crippen molar-refractivity contribution in [1.82, 2.24) is 40.4 Å². The van der Waals surface area contributed by atoms with Crippen LogP contribution < -0.4 is 10.6 Å². The number of amides is 4. The van der Waals surface area contributed by atoms with E-state index in [4.69, 9.17) is 19.4 Å². The number of aromatic nitrogens is 4. The number of likely N-dealkylation sites (tertiary alicyclic amines) is 2. The molecule has 4 amide bonds. The summed E-state index contributed by atoms with van der Waals surface area (Å²) in [6.07, 6.45) is 13.4. The minimum Gasteiger partial charge on any atom is -0.453 e. The van der Waals surface area contributed by atoms with Crippen molar-refractivity contribution in [3.63, 3.8) is 0 Å². The third kappa shape index (κ3) is 7.36. The summed E-state index contributed by atoms with van der Waals surface area (Å²) in [6, 6.07) is 11.9. The summed E-state index contributed by atoms with van der Waals surface area (Å²) in [5.41, 5.74) is 9.61. The molecule has 2 aromatic carbocycles. The van der Waals surface area contributed by atoms with Gasteiger partial charge in [0.1, 0.15) is 23.7 Å². The van der Waals surface area contributed by atoms with Crippen LogP contribution in [0.2, 0.25) is 0 Å². The Kier molecular flexibility index (Phi) is 10.4. The fourth-order valence-electron chi connectivity index (χ4n) is 11.8. The van der Waals surface area contributed by atoms with Crippen molar-refractivity contribution >= 4 is 24.0 Å². The number of carbonyl (C=O) groups is 4. The van der Waals surface area contributed by atoms with Gasteiger partial charge in [0.15, 0.2) is 0 Å². The monoisotopic (exact) mass is 856 g/mol. The Balaban J connectivity index is 0.899. The lowest BCUT2D eigenvalue weighted by Gasteiger charge is -2.31. The van der Waals surface area contributed by atoms with E-state index in [-0.39, 0.29) is 53.2 Å². The number of nitrogens with one attached hydrogen (secondary N) is 4. The van der Waals surface area contributed by atoms with E-state index < -0.39 is 24.3 Å². The smallest absolute Gasteiger partial charge is 0.407 e. The molecule has 2 aliphatic heterocycles. The van der Waals surface area contributed by atoms with Gasteiger partial charge in [-0.1, -0.05) is 76.9 Å². The molecule has 14 nitrogen and oxygen atoms in total. The van der Waals surface area contributed by atoms with Crippen molar-refractivity contribution in [3.05, 3.63) is 71.6 Å². The molecule has 14 heteroatoms. The molecule has 1 spiro atoms. The van der Waals surface area contributed by atoms with E-state index in [1.807, 2.05) is 49.9 Å². The molecule has 63 heavy (non-hydrogen) atoms. The predicted molar refractivity (Wildman–Crippen MR) is 236 cm³/mol. The van der Waals surface area contributed by atoms with Gasteiger partial charge in [0, 0.05) is 17.6 Å². The zero-order valence-corrected chi connectivity index (χ0v) is 37.2. The largest absolute Gasteiger partial charge is 0.453 e. The Bertz CT molecular complexity index is 2430. The van der Waals surface area contributed by atoms with Gasteiger partial charge in [-0.3, -0.25) is 9.59 Å². The summed E-state index contributed by atoms with van der Waals surface area (Å²) in [5.74, 6) is 2.11. The average Bonchev–Trinajstić information content (AvgIpc) is 3.73. The number of benzene rings is 2. The number of ether oxygens (including phenoxy) is 2. The zero-order valence-electron chi connectivity index (χ0n) is 37.2. The normalized spacial score (nSPS) is 25.8. The number of imidazole rings is 2. The summed E-state index contributed by atoms with van der Waals surface area (Å²) in [5, 5.41) is 5.55. The van der Waals surface area contributed by atoms with Crippen LogP contribution >= 0.6 is 0 Å². The minimum absolute atomic E-state index is 0.0781. The molecular weight excluding hydrogens is 797 g/mol. The van der Waals surface area contributed by atoms with Crippen molar-refractivity contribution in [3.8, 4) is 33.6 Å². The fourth-order valence-corrected chi connectivity index (χ4v) is 11.8. The summed E-state index contributed by atoms with van der Waals surface area (Å²) in [4.78, 5) is 73.3. The van der Waals surface area contributed by atoms with Crippen LogP contribution in [0.1, 0.15) is 114 Å². The number of H-pyrrole nitrogens is 2. The lowest BCUT2D eigenvalue weighted by Crippen LogP contribution is -2.52. The molecule has 0 radical (unpaired) electrons. The first-order chi connectivity index (χ1) is 30.4. The number of fused-ring (bicyclic) bond motifs is 3. The number of piperidine rings is 2. The van der Waals surface area contributed by atoms with Gasteiger partial charge in [0.25, 0.3) is 0 Å². The second-order valence-corrected chi connectivity index (χ2v) is 20.0. The SMILES string of the molecule is COC(=O)N[C@H](C(=O)N1C2CC2C[C@H]1c1ncc(-c2ccc(-c3ccc(-c4cnc([C@@H]5CC6CC6N5C(=O)[C@@H](NC(=O)OC)C(C)C)[nH]4)c4c3CC3(CCCC3)C4)cc2)[nH]1)C(C)C. The quantitative estimate of drug-likeness (QED) is 0.118. The highest BCUT2D eigenvalue weighted by molar-refractivity contribution is 5.88.